The Hall–Kier alpha value is -4.71. The van der Waals surface area contributed by atoms with E-state index in [0.29, 0.717) is 28.2 Å². The topological polar surface area (TPSA) is 174 Å². The number of aryl methyl sites for hydroxylation is 1. The molecule has 0 saturated carbocycles. The number of primary amides is 1. The highest BCUT2D eigenvalue weighted by Crippen LogP contribution is 2.36. The van der Waals surface area contributed by atoms with E-state index >= 15 is 0 Å². The highest BCUT2D eigenvalue weighted by atomic mass is 32.1. The van der Waals surface area contributed by atoms with Crippen LogP contribution in [0.15, 0.2) is 54.7 Å². The predicted octanol–water partition coefficient (Wildman–Crippen LogP) is 2.68. The molecule has 196 valence electrons. The number of hydrogen-bond acceptors (Lipinski definition) is 8. The third kappa shape index (κ3) is 5.20. The van der Waals surface area contributed by atoms with Crippen LogP contribution in [0.1, 0.15) is 44.3 Å². The quantitative estimate of drug-likeness (QED) is 0.239. The first-order valence-electron chi connectivity index (χ1n) is 11.7. The number of fused-ring (bicyclic) bond motifs is 1. The molecule has 2 aromatic carbocycles. The number of anilines is 2. The van der Waals surface area contributed by atoms with Crippen molar-refractivity contribution in [2.45, 2.75) is 19.9 Å². The molecule has 3 amide bonds. The lowest BCUT2D eigenvalue weighted by Crippen LogP contribution is -2.45. The SMILES string of the molecule is CCOC(=O)CNC(=O)C(c1c[nH]c2ccccc12)N(C(=O)c1snc(C(N)=O)c1N)c1cccc(C)c1. The van der Waals surface area contributed by atoms with Crippen molar-refractivity contribution in [1.82, 2.24) is 14.7 Å². The first-order chi connectivity index (χ1) is 18.2. The van der Waals surface area contributed by atoms with E-state index in [2.05, 4.69) is 14.7 Å². The fourth-order valence-corrected chi connectivity index (χ4v) is 4.83. The van der Waals surface area contributed by atoms with Crippen molar-refractivity contribution in [3.63, 3.8) is 0 Å². The average molecular weight is 535 g/mol. The van der Waals surface area contributed by atoms with E-state index in [1.54, 1.807) is 31.3 Å². The summed E-state index contributed by atoms with van der Waals surface area (Å²) in [5.41, 5.74) is 13.5. The van der Waals surface area contributed by atoms with Crippen LogP contribution in [0.25, 0.3) is 10.9 Å². The van der Waals surface area contributed by atoms with E-state index in [1.807, 2.05) is 37.3 Å². The third-order valence-electron chi connectivity index (χ3n) is 5.79. The number of nitrogens with one attached hydrogen (secondary N) is 2. The van der Waals surface area contributed by atoms with E-state index < -0.39 is 36.3 Å². The van der Waals surface area contributed by atoms with Gasteiger partial charge in [0.1, 0.15) is 17.5 Å². The lowest BCUT2D eigenvalue weighted by molar-refractivity contribution is -0.143. The zero-order valence-corrected chi connectivity index (χ0v) is 21.5. The van der Waals surface area contributed by atoms with Gasteiger partial charge in [0.25, 0.3) is 11.8 Å². The number of para-hydroxylation sites is 1. The van der Waals surface area contributed by atoms with Gasteiger partial charge in [-0.05, 0) is 49.1 Å². The number of nitrogen functional groups attached to an aromatic ring is 1. The maximum Gasteiger partial charge on any atom is 0.325 e. The first kappa shape index (κ1) is 26.4. The van der Waals surface area contributed by atoms with Crippen molar-refractivity contribution in [3.8, 4) is 0 Å². The fraction of sp³-hybridized carbons (Fsp3) is 0.192. The van der Waals surface area contributed by atoms with Gasteiger partial charge in [-0.1, -0.05) is 30.3 Å². The molecule has 0 radical (unpaired) electrons. The smallest absolute Gasteiger partial charge is 0.325 e. The summed E-state index contributed by atoms with van der Waals surface area (Å²) in [5, 5.41) is 3.29. The molecule has 12 heteroatoms. The van der Waals surface area contributed by atoms with Gasteiger partial charge in [-0.3, -0.25) is 24.1 Å². The van der Waals surface area contributed by atoms with E-state index in [4.69, 9.17) is 16.2 Å². The number of hydrogen-bond donors (Lipinski definition) is 4. The fourth-order valence-electron chi connectivity index (χ4n) is 4.09. The number of carbonyl (C=O) groups is 4. The molecule has 6 N–H and O–H groups in total. The Labute approximate surface area is 221 Å². The molecule has 11 nitrogen and oxygen atoms in total. The van der Waals surface area contributed by atoms with E-state index in [9.17, 15) is 19.2 Å². The minimum Gasteiger partial charge on any atom is -0.465 e. The van der Waals surface area contributed by atoms with Crippen molar-refractivity contribution in [1.29, 1.82) is 0 Å². The van der Waals surface area contributed by atoms with Crippen LogP contribution in [0.5, 0.6) is 0 Å². The van der Waals surface area contributed by atoms with Crippen LogP contribution < -0.4 is 21.7 Å². The van der Waals surface area contributed by atoms with Gasteiger partial charge in [0.05, 0.1) is 12.3 Å². The average Bonchev–Trinajstić information content (AvgIpc) is 3.49. The van der Waals surface area contributed by atoms with E-state index in [-0.39, 0.29) is 22.9 Å². The summed E-state index contributed by atoms with van der Waals surface area (Å²) in [7, 11) is 0. The molecule has 1 atom stereocenters. The molecule has 38 heavy (non-hydrogen) atoms. The summed E-state index contributed by atoms with van der Waals surface area (Å²) in [4.78, 5) is 56.0. The summed E-state index contributed by atoms with van der Waals surface area (Å²) in [6.45, 7) is 3.27. The van der Waals surface area contributed by atoms with E-state index in [1.165, 1.54) is 4.90 Å². The monoisotopic (exact) mass is 534 g/mol. The van der Waals surface area contributed by atoms with Crippen LogP contribution in [-0.4, -0.2) is 46.2 Å². The molecular weight excluding hydrogens is 508 g/mol. The highest BCUT2D eigenvalue weighted by molar-refractivity contribution is 7.09. The molecule has 0 saturated heterocycles. The number of benzene rings is 2. The van der Waals surface area contributed by atoms with Gasteiger partial charge in [-0.2, -0.15) is 4.37 Å². The standard InChI is InChI=1S/C26H26N6O5S/c1-3-37-19(33)13-30-25(35)22(17-12-29-18-10-5-4-9-16(17)18)32(15-8-6-7-14(2)11-15)26(36)23-20(27)21(24(28)34)31-38-23/h4-12,22,29H,3,13,27H2,1-2H3,(H2,28,34)(H,30,35). The molecule has 4 aromatic rings. The predicted molar refractivity (Wildman–Crippen MR) is 144 cm³/mol. The largest absolute Gasteiger partial charge is 0.465 e. The number of esters is 1. The van der Waals surface area contributed by atoms with Crippen LogP contribution in [0.4, 0.5) is 11.4 Å². The Bertz CT molecular complexity index is 1530. The van der Waals surface area contributed by atoms with Crippen LogP contribution in [0.3, 0.4) is 0 Å². The summed E-state index contributed by atoms with van der Waals surface area (Å²) >= 11 is 0.714. The summed E-state index contributed by atoms with van der Waals surface area (Å²) in [6, 6.07) is 13.1. The van der Waals surface area contributed by atoms with Gasteiger partial charge >= 0.3 is 5.97 Å². The maximum atomic E-state index is 14.1. The lowest BCUT2D eigenvalue weighted by atomic mass is 10.0. The molecule has 4 rings (SSSR count). The lowest BCUT2D eigenvalue weighted by Gasteiger charge is -2.31. The first-order valence-corrected chi connectivity index (χ1v) is 12.4. The summed E-state index contributed by atoms with van der Waals surface area (Å²) < 4.78 is 8.90. The molecule has 2 heterocycles. The van der Waals surface area contributed by atoms with Gasteiger partial charge in [0.2, 0.25) is 5.91 Å². The number of rotatable bonds is 9. The van der Waals surface area contributed by atoms with Gasteiger partial charge in [0, 0.05) is 28.4 Å². The van der Waals surface area contributed by atoms with Crippen molar-refractivity contribution < 1.29 is 23.9 Å². The number of carbonyl (C=O) groups excluding carboxylic acids is 4. The van der Waals surface area contributed by atoms with Crippen molar-refractivity contribution in [3.05, 3.63) is 76.4 Å². The zero-order chi connectivity index (χ0) is 27.4. The molecule has 0 aliphatic rings. The molecule has 0 aliphatic heterocycles. The van der Waals surface area contributed by atoms with Crippen molar-refractivity contribution >= 4 is 57.5 Å². The number of ether oxygens (including phenoxy) is 1. The number of aromatic nitrogens is 2. The molecule has 2 aromatic heterocycles. The van der Waals surface area contributed by atoms with Crippen LogP contribution in [0.2, 0.25) is 0 Å². The molecule has 0 spiro atoms. The van der Waals surface area contributed by atoms with Crippen molar-refractivity contribution in [2.24, 2.45) is 5.73 Å². The number of nitrogens with zero attached hydrogens (tertiary/aromatic N) is 2. The Balaban J connectivity index is 1.89. The van der Waals surface area contributed by atoms with Crippen LogP contribution in [0, 0.1) is 6.92 Å². The number of H-pyrrole nitrogens is 1. The Morgan fingerprint density at radius 3 is 2.61 bits per heavy atom. The molecule has 0 bridgehead atoms. The zero-order valence-electron chi connectivity index (χ0n) is 20.7. The number of nitrogens with two attached hydrogens (primary N) is 2. The summed E-state index contributed by atoms with van der Waals surface area (Å²) in [6.07, 6.45) is 1.64. The third-order valence-corrected chi connectivity index (χ3v) is 6.64. The molecule has 1 unspecified atom stereocenters. The van der Waals surface area contributed by atoms with Crippen molar-refractivity contribution in [2.75, 3.05) is 23.8 Å². The van der Waals surface area contributed by atoms with Gasteiger partial charge < -0.3 is 26.5 Å². The maximum absolute atomic E-state index is 14.1. The number of amides is 3. The summed E-state index contributed by atoms with van der Waals surface area (Å²) in [5.74, 6) is -2.79. The second kappa shape index (κ2) is 11.1. The molecular formula is C26H26N6O5S. The molecule has 0 aliphatic carbocycles. The Morgan fingerprint density at radius 2 is 1.92 bits per heavy atom. The van der Waals surface area contributed by atoms with Gasteiger partial charge in [-0.25, -0.2) is 0 Å². The molecule has 0 fully saturated rings. The second-order valence-electron chi connectivity index (χ2n) is 8.37. The Kier molecular flexibility index (Phi) is 7.72. The van der Waals surface area contributed by atoms with Gasteiger partial charge in [0.15, 0.2) is 5.69 Å². The normalized spacial score (nSPS) is 11.6. The Morgan fingerprint density at radius 1 is 1.16 bits per heavy atom. The number of aromatic amines is 1. The second-order valence-corrected chi connectivity index (χ2v) is 9.14. The van der Waals surface area contributed by atoms with Gasteiger partial charge in [-0.15, -0.1) is 0 Å². The van der Waals surface area contributed by atoms with Crippen LogP contribution >= 0.6 is 11.5 Å². The minimum absolute atomic E-state index is 0.0525. The van der Waals surface area contributed by atoms with E-state index in [0.717, 1.165) is 11.1 Å². The van der Waals surface area contributed by atoms with Crippen LogP contribution in [-0.2, 0) is 14.3 Å². The highest BCUT2D eigenvalue weighted by Gasteiger charge is 2.37. The minimum atomic E-state index is -1.24.